The Bertz CT molecular complexity index is 370. The Morgan fingerprint density at radius 3 is 1.94 bits per heavy atom. The van der Waals surface area contributed by atoms with Crippen molar-refractivity contribution in [3.05, 3.63) is 35.4 Å². The first kappa shape index (κ1) is 15.7. The van der Waals surface area contributed by atoms with Crippen LogP contribution in [0.15, 0.2) is 24.3 Å². The molecule has 2 nitrogen and oxygen atoms in total. The van der Waals surface area contributed by atoms with Gasteiger partial charge in [0.15, 0.2) is 5.41 Å². The van der Waals surface area contributed by atoms with Crippen LogP contribution >= 0.6 is 11.6 Å². The molecule has 4 heteroatoms. The molecule has 0 radical (unpaired) electrons. The molecule has 0 bridgehead atoms. The third-order valence-electron chi connectivity index (χ3n) is 3.29. The van der Waals surface area contributed by atoms with Gasteiger partial charge >= 0.3 is 0 Å². The minimum atomic E-state index is -0.701. The van der Waals surface area contributed by atoms with Gasteiger partial charge in [0.25, 0.3) is 0 Å². The number of alkyl halides is 1. The largest absolute Gasteiger partial charge is 0.353 e. The Morgan fingerprint density at radius 2 is 1.56 bits per heavy atom. The van der Waals surface area contributed by atoms with Gasteiger partial charge in [-0.3, -0.25) is 0 Å². The van der Waals surface area contributed by atoms with Crippen molar-refractivity contribution in [2.75, 3.05) is 13.2 Å². The van der Waals surface area contributed by atoms with Crippen LogP contribution in [0.2, 0.25) is 0 Å². The lowest BCUT2D eigenvalue weighted by Gasteiger charge is -2.42. The third kappa shape index (κ3) is 3.15. The Balaban J connectivity index is 3.11. The number of hydrogen-bond donors (Lipinski definition) is 0. The highest BCUT2D eigenvalue weighted by Crippen LogP contribution is 2.40. The summed E-state index contributed by atoms with van der Waals surface area (Å²) in [6, 6.07) is 8.23. The minimum absolute atomic E-state index is 0.595. The highest BCUT2D eigenvalue weighted by molar-refractivity contribution is 6.30. The molecule has 0 fully saturated rings. The maximum absolute atomic E-state index is 6.76. The quantitative estimate of drug-likeness (QED) is 0.455. The number of rotatable bonds is 6. The lowest BCUT2D eigenvalue weighted by molar-refractivity contribution is -0.194. The molecule has 0 aliphatic carbocycles. The summed E-state index contributed by atoms with van der Waals surface area (Å²) in [5.41, 5.74) is 1.55. The number of halogens is 1. The van der Waals surface area contributed by atoms with Gasteiger partial charge in [-0.2, -0.15) is 0 Å². The topological polar surface area (TPSA) is 18.5 Å². The fourth-order valence-electron chi connectivity index (χ4n) is 1.99. The van der Waals surface area contributed by atoms with Gasteiger partial charge in [-0.05, 0) is 33.3 Å². The molecule has 1 unspecified atom stereocenters. The SMILES string of the molecule is CCOC([SiH3])(OCC)C(C)(Cl)c1ccc(C)cc1. The molecule has 102 valence electrons. The third-order valence-corrected chi connectivity index (χ3v) is 5.74. The smallest absolute Gasteiger partial charge is 0.163 e. The fourth-order valence-corrected chi connectivity index (χ4v) is 3.09. The molecule has 1 aromatic carbocycles. The van der Waals surface area contributed by atoms with E-state index in [9.17, 15) is 0 Å². The molecular weight excluding hydrogens is 264 g/mol. The van der Waals surface area contributed by atoms with E-state index in [1.807, 2.05) is 32.9 Å². The second-order valence-electron chi connectivity index (χ2n) is 4.68. The Labute approximate surface area is 118 Å². The van der Waals surface area contributed by atoms with E-state index < -0.39 is 10.3 Å². The zero-order valence-electron chi connectivity index (χ0n) is 11.9. The summed E-state index contributed by atoms with van der Waals surface area (Å²) >= 11 is 6.76. The monoisotopic (exact) mass is 286 g/mol. The summed E-state index contributed by atoms with van der Waals surface area (Å²) in [6.07, 6.45) is 0. The average molecular weight is 287 g/mol. The molecule has 0 amide bonds. The molecule has 0 aliphatic rings. The first-order valence-electron chi connectivity index (χ1n) is 6.41. The van der Waals surface area contributed by atoms with E-state index in [0.29, 0.717) is 23.5 Å². The molecule has 0 spiro atoms. The van der Waals surface area contributed by atoms with Crippen molar-refractivity contribution >= 4 is 21.8 Å². The minimum Gasteiger partial charge on any atom is -0.353 e. The van der Waals surface area contributed by atoms with Gasteiger partial charge in [0.05, 0.1) is 10.2 Å². The van der Waals surface area contributed by atoms with Gasteiger partial charge in [0, 0.05) is 13.2 Å². The summed E-state index contributed by atoms with van der Waals surface area (Å²) in [7, 11) is 0.703. The van der Waals surface area contributed by atoms with Crippen LogP contribution in [0.5, 0.6) is 0 Å². The van der Waals surface area contributed by atoms with Crippen LogP contribution in [0.25, 0.3) is 0 Å². The molecule has 0 aromatic heterocycles. The number of aryl methyl sites for hydroxylation is 1. The number of hydrogen-bond acceptors (Lipinski definition) is 2. The van der Waals surface area contributed by atoms with E-state index in [-0.39, 0.29) is 0 Å². The van der Waals surface area contributed by atoms with Gasteiger partial charge in [0.2, 0.25) is 0 Å². The van der Waals surface area contributed by atoms with E-state index in [4.69, 9.17) is 21.1 Å². The van der Waals surface area contributed by atoms with Crippen LogP contribution in [-0.4, -0.2) is 28.9 Å². The maximum atomic E-state index is 6.76. The Kier molecular flexibility index (Phi) is 5.41. The van der Waals surface area contributed by atoms with E-state index in [1.54, 1.807) is 0 Å². The van der Waals surface area contributed by atoms with Gasteiger partial charge < -0.3 is 9.47 Å². The van der Waals surface area contributed by atoms with Crippen molar-refractivity contribution in [2.45, 2.75) is 38.0 Å². The lowest BCUT2D eigenvalue weighted by atomic mass is 9.98. The van der Waals surface area contributed by atoms with E-state index in [2.05, 4.69) is 19.1 Å². The summed E-state index contributed by atoms with van der Waals surface area (Å²) in [5.74, 6) is 0. The van der Waals surface area contributed by atoms with Gasteiger partial charge in [-0.25, -0.2) is 0 Å². The molecule has 0 saturated carbocycles. The van der Waals surface area contributed by atoms with Gasteiger partial charge in [-0.15, -0.1) is 11.6 Å². The first-order chi connectivity index (χ1) is 8.37. The van der Waals surface area contributed by atoms with E-state index in [1.165, 1.54) is 5.56 Å². The summed E-state index contributed by atoms with van der Waals surface area (Å²) < 4.78 is 11.7. The zero-order valence-corrected chi connectivity index (χ0v) is 14.7. The zero-order chi connectivity index (χ0) is 13.8. The Morgan fingerprint density at radius 1 is 1.11 bits per heavy atom. The van der Waals surface area contributed by atoms with Crippen molar-refractivity contribution in [1.82, 2.24) is 0 Å². The van der Waals surface area contributed by atoms with E-state index >= 15 is 0 Å². The van der Waals surface area contributed by atoms with Crippen LogP contribution in [0.4, 0.5) is 0 Å². The molecule has 18 heavy (non-hydrogen) atoms. The second kappa shape index (κ2) is 6.20. The predicted octanol–water partition coefficient (Wildman–Crippen LogP) is 2.54. The molecule has 0 aliphatic heterocycles. The van der Waals surface area contributed by atoms with Crippen molar-refractivity contribution in [1.29, 1.82) is 0 Å². The Hall–Kier alpha value is -0.353. The van der Waals surface area contributed by atoms with Crippen molar-refractivity contribution in [2.24, 2.45) is 0 Å². The molecule has 0 heterocycles. The van der Waals surface area contributed by atoms with Gasteiger partial charge in [0.1, 0.15) is 4.87 Å². The average Bonchev–Trinajstić information content (AvgIpc) is 2.30. The summed E-state index contributed by atoms with van der Waals surface area (Å²) in [6.45, 7) is 9.16. The van der Waals surface area contributed by atoms with Crippen LogP contribution in [-0.2, 0) is 14.3 Å². The normalized spacial score (nSPS) is 15.6. The lowest BCUT2D eigenvalue weighted by Crippen LogP contribution is -2.51. The number of benzene rings is 1. The second-order valence-corrected chi connectivity index (χ2v) is 6.75. The van der Waals surface area contributed by atoms with Crippen LogP contribution in [0.3, 0.4) is 0 Å². The molecule has 1 atom stereocenters. The molecule has 0 saturated heterocycles. The standard InChI is InChI=1S/C14H23ClO2Si/c1-5-16-14(18,17-6-2)13(4,15)12-9-7-11(3)8-10-12/h7-10H,5-6H2,1-4,18H3. The molecular formula is C14H23ClO2Si. The fraction of sp³-hybridized carbons (Fsp3) is 0.571. The summed E-state index contributed by atoms with van der Waals surface area (Å²) in [5, 5.41) is 0. The first-order valence-corrected chi connectivity index (χ1v) is 7.79. The van der Waals surface area contributed by atoms with Crippen molar-refractivity contribution in [3.63, 3.8) is 0 Å². The van der Waals surface area contributed by atoms with E-state index in [0.717, 1.165) is 5.56 Å². The van der Waals surface area contributed by atoms with Crippen LogP contribution in [0, 0.1) is 6.92 Å². The van der Waals surface area contributed by atoms with Crippen LogP contribution in [0.1, 0.15) is 31.9 Å². The molecule has 1 rings (SSSR count). The maximum Gasteiger partial charge on any atom is 0.163 e. The van der Waals surface area contributed by atoms with Crippen LogP contribution < -0.4 is 0 Å². The molecule has 1 aromatic rings. The predicted molar refractivity (Wildman–Crippen MR) is 80.3 cm³/mol. The summed E-state index contributed by atoms with van der Waals surface area (Å²) in [4.78, 5) is -0.668. The highest BCUT2D eigenvalue weighted by atomic mass is 35.5. The van der Waals surface area contributed by atoms with Crippen molar-refractivity contribution < 1.29 is 9.47 Å². The highest BCUT2D eigenvalue weighted by Gasteiger charge is 2.46. The molecule has 0 N–H and O–H groups in total. The van der Waals surface area contributed by atoms with Crippen molar-refractivity contribution in [3.8, 4) is 0 Å². The van der Waals surface area contributed by atoms with Gasteiger partial charge in [-0.1, -0.05) is 29.8 Å². The number of ether oxygens (including phenoxy) is 2.